The molecule has 2 fully saturated rings. The van der Waals surface area contributed by atoms with E-state index in [1.165, 1.54) is 44.5 Å². The highest BCUT2D eigenvalue weighted by atomic mass is 15.1. The number of aromatic nitrogens is 1. The van der Waals surface area contributed by atoms with Gasteiger partial charge in [-0.1, -0.05) is 6.42 Å². The Morgan fingerprint density at radius 3 is 2.56 bits per heavy atom. The number of anilines is 1. The lowest BCUT2D eigenvalue weighted by Gasteiger charge is -2.42. The third-order valence-corrected chi connectivity index (χ3v) is 4.45. The Morgan fingerprint density at radius 2 is 2.00 bits per heavy atom. The van der Waals surface area contributed by atoms with Crippen LogP contribution in [-0.4, -0.2) is 18.1 Å². The van der Waals surface area contributed by atoms with Gasteiger partial charge in [0.05, 0.1) is 17.6 Å². The lowest BCUT2D eigenvalue weighted by molar-refractivity contribution is 0.231. The molecule has 0 spiro atoms. The summed E-state index contributed by atoms with van der Waals surface area (Å²) in [5.41, 5.74) is 8.10. The number of hydrogen-bond donors (Lipinski definition) is 1. The summed E-state index contributed by atoms with van der Waals surface area (Å²) in [4.78, 5) is 7.00. The molecule has 3 rings (SSSR count). The molecule has 1 saturated heterocycles. The molecule has 3 heteroatoms. The topological polar surface area (TPSA) is 42.1 Å². The van der Waals surface area contributed by atoms with Gasteiger partial charge in [-0.15, -0.1) is 0 Å². The molecule has 2 heterocycles. The maximum atomic E-state index is 5.84. The lowest BCUT2D eigenvalue weighted by Crippen LogP contribution is -2.42. The molecule has 2 unspecified atom stereocenters. The quantitative estimate of drug-likeness (QED) is 0.871. The van der Waals surface area contributed by atoms with Crippen LogP contribution in [0.3, 0.4) is 0 Å². The molecule has 1 aliphatic carbocycles. The van der Waals surface area contributed by atoms with Crippen LogP contribution in [0.5, 0.6) is 0 Å². The molecule has 98 valence electrons. The van der Waals surface area contributed by atoms with Gasteiger partial charge >= 0.3 is 0 Å². The highest BCUT2D eigenvalue weighted by molar-refractivity contribution is 5.45. The van der Waals surface area contributed by atoms with Crippen LogP contribution < -0.4 is 10.6 Å². The van der Waals surface area contributed by atoms with E-state index in [2.05, 4.69) is 22.0 Å². The fourth-order valence-electron chi connectivity index (χ4n) is 3.50. The van der Waals surface area contributed by atoms with Crippen LogP contribution in [0.1, 0.15) is 44.3 Å². The number of pyridine rings is 1. The molecule has 2 N–H and O–H groups in total. The summed E-state index contributed by atoms with van der Waals surface area (Å²) in [6.45, 7) is 4.42. The van der Waals surface area contributed by atoms with E-state index in [-0.39, 0.29) is 6.04 Å². The van der Waals surface area contributed by atoms with Crippen molar-refractivity contribution in [1.82, 2.24) is 4.98 Å². The largest absolute Gasteiger partial charge is 0.370 e. The van der Waals surface area contributed by atoms with Crippen molar-refractivity contribution in [3.8, 4) is 0 Å². The minimum atomic E-state index is 0.0276. The van der Waals surface area contributed by atoms with E-state index in [1.807, 2.05) is 13.1 Å². The minimum Gasteiger partial charge on any atom is -0.370 e. The molecule has 1 aromatic rings. The molecule has 3 atom stereocenters. The third kappa shape index (κ3) is 2.37. The molecule has 0 aromatic carbocycles. The highest BCUT2D eigenvalue weighted by Crippen LogP contribution is 2.36. The third-order valence-electron chi connectivity index (χ3n) is 4.45. The second kappa shape index (κ2) is 4.88. The first-order chi connectivity index (χ1) is 8.72. The van der Waals surface area contributed by atoms with Crippen molar-refractivity contribution in [3.05, 3.63) is 24.0 Å². The average molecular weight is 245 g/mol. The molecule has 3 nitrogen and oxygen atoms in total. The van der Waals surface area contributed by atoms with Crippen LogP contribution in [-0.2, 0) is 0 Å². The normalized spacial score (nSPS) is 29.1. The molecule has 2 bridgehead atoms. The van der Waals surface area contributed by atoms with Crippen LogP contribution in [0.4, 0.5) is 5.69 Å². The van der Waals surface area contributed by atoms with Gasteiger partial charge in [-0.25, -0.2) is 0 Å². The molecule has 2 aliphatic rings. The zero-order chi connectivity index (χ0) is 12.5. The van der Waals surface area contributed by atoms with E-state index in [4.69, 9.17) is 5.73 Å². The molecular formula is C15H23N3. The summed E-state index contributed by atoms with van der Waals surface area (Å²) < 4.78 is 0. The maximum Gasteiger partial charge on any atom is 0.0569 e. The number of nitrogens with zero attached hydrogens (tertiary/aromatic N) is 2. The summed E-state index contributed by atoms with van der Waals surface area (Å²) in [5, 5.41) is 0. The van der Waals surface area contributed by atoms with Crippen LogP contribution in [0.15, 0.2) is 18.3 Å². The highest BCUT2D eigenvalue weighted by Gasteiger charge is 2.30. The van der Waals surface area contributed by atoms with E-state index in [0.29, 0.717) is 0 Å². The predicted octanol–water partition coefficient (Wildman–Crippen LogP) is 2.73. The molecule has 0 radical (unpaired) electrons. The molecule has 0 amide bonds. The number of piperidine rings is 1. The number of rotatable bonds is 2. The summed E-state index contributed by atoms with van der Waals surface area (Å²) in [6, 6.07) is 4.29. The van der Waals surface area contributed by atoms with Crippen molar-refractivity contribution in [1.29, 1.82) is 0 Å². The van der Waals surface area contributed by atoms with Gasteiger partial charge in [-0.3, -0.25) is 4.98 Å². The maximum absolute atomic E-state index is 5.84. The van der Waals surface area contributed by atoms with Crippen molar-refractivity contribution < 1.29 is 0 Å². The Bertz CT molecular complexity index is 387. The Morgan fingerprint density at radius 1 is 1.28 bits per heavy atom. The number of hydrogen-bond acceptors (Lipinski definition) is 3. The first-order valence-electron chi connectivity index (χ1n) is 7.19. The fraction of sp³-hybridized carbons (Fsp3) is 0.667. The van der Waals surface area contributed by atoms with Crippen LogP contribution in [0.25, 0.3) is 0 Å². The Kier molecular flexibility index (Phi) is 3.25. The molecule has 1 aliphatic heterocycles. The first-order valence-corrected chi connectivity index (χ1v) is 7.19. The summed E-state index contributed by atoms with van der Waals surface area (Å²) in [6.07, 6.45) is 7.71. The Hall–Kier alpha value is -1.09. The molecular weight excluding hydrogens is 222 g/mol. The zero-order valence-corrected chi connectivity index (χ0v) is 11.2. The Balaban J connectivity index is 1.74. The molecule has 1 saturated carbocycles. The van der Waals surface area contributed by atoms with Crippen LogP contribution >= 0.6 is 0 Å². The summed E-state index contributed by atoms with van der Waals surface area (Å²) in [7, 11) is 0. The first kappa shape index (κ1) is 12.0. The van der Waals surface area contributed by atoms with E-state index in [0.717, 1.165) is 17.5 Å². The van der Waals surface area contributed by atoms with Gasteiger partial charge in [0.1, 0.15) is 0 Å². The van der Waals surface area contributed by atoms with E-state index in [1.54, 1.807) is 0 Å². The molecule has 18 heavy (non-hydrogen) atoms. The van der Waals surface area contributed by atoms with E-state index < -0.39 is 0 Å². The van der Waals surface area contributed by atoms with Gasteiger partial charge < -0.3 is 10.6 Å². The smallest absolute Gasteiger partial charge is 0.0569 e. The summed E-state index contributed by atoms with van der Waals surface area (Å²) in [5.74, 6) is 1.82. The van der Waals surface area contributed by atoms with Crippen molar-refractivity contribution >= 4 is 5.69 Å². The minimum absolute atomic E-state index is 0.0276. The van der Waals surface area contributed by atoms with Crippen LogP contribution in [0.2, 0.25) is 0 Å². The van der Waals surface area contributed by atoms with Gasteiger partial charge in [0.25, 0.3) is 0 Å². The van der Waals surface area contributed by atoms with Crippen molar-refractivity contribution in [2.75, 3.05) is 18.0 Å². The lowest BCUT2D eigenvalue weighted by atomic mass is 9.78. The number of nitrogens with two attached hydrogens (primary N) is 1. The SMILES string of the molecule is C[C@H](N)c1ccc(N2CC3CCCC(C3)C2)cn1. The van der Waals surface area contributed by atoms with Gasteiger partial charge in [0, 0.05) is 19.1 Å². The molecule has 1 aromatic heterocycles. The zero-order valence-electron chi connectivity index (χ0n) is 11.2. The Labute approximate surface area is 109 Å². The van der Waals surface area contributed by atoms with E-state index >= 15 is 0 Å². The number of fused-ring (bicyclic) bond motifs is 2. The fourth-order valence-corrected chi connectivity index (χ4v) is 3.50. The standard InChI is InChI=1S/C15H23N3/c1-11(16)15-6-5-14(8-17-15)18-9-12-3-2-4-13(7-12)10-18/h5-6,8,11-13H,2-4,7,9-10,16H2,1H3/t11-,12?,13?/m0/s1. The average Bonchev–Trinajstić information content (AvgIpc) is 2.38. The van der Waals surface area contributed by atoms with Gasteiger partial charge in [-0.2, -0.15) is 0 Å². The second-order valence-electron chi connectivity index (χ2n) is 6.03. The van der Waals surface area contributed by atoms with Gasteiger partial charge in [0.15, 0.2) is 0 Å². The van der Waals surface area contributed by atoms with Gasteiger partial charge in [-0.05, 0) is 50.2 Å². The predicted molar refractivity (Wildman–Crippen MR) is 74.5 cm³/mol. The van der Waals surface area contributed by atoms with Crippen molar-refractivity contribution in [2.45, 2.75) is 38.6 Å². The van der Waals surface area contributed by atoms with Crippen molar-refractivity contribution in [3.63, 3.8) is 0 Å². The van der Waals surface area contributed by atoms with Crippen molar-refractivity contribution in [2.24, 2.45) is 17.6 Å². The second-order valence-corrected chi connectivity index (χ2v) is 6.03. The van der Waals surface area contributed by atoms with E-state index in [9.17, 15) is 0 Å². The summed E-state index contributed by atoms with van der Waals surface area (Å²) >= 11 is 0. The van der Waals surface area contributed by atoms with Gasteiger partial charge in [0.2, 0.25) is 0 Å². The van der Waals surface area contributed by atoms with Crippen LogP contribution in [0, 0.1) is 11.8 Å². The monoisotopic (exact) mass is 245 g/mol.